The number of carbonyl (C=O) groups is 1. The van der Waals surface area contributed by atoms with Crippen molar-refractivity contribution in [3.63, 3.8) is 0 Å². The number of sulfone groups is 1. The van der Waals surface area contributed by atoms with E-state index in [9.17, 15) is 13.2 Å². The third-order valence-electron chi connectivity index (χ3n) is 3.93. The van der Waals surface area contributed by atoms with Crippen LogP contribution in [0.2, 0.25) is 0 Å². The molecule has 0 aliphatic rings. The summed E-state index contributed by atoms with van der Waals surface area (Å²) in [5.74, 6) is -1.17. The van der Waals surface area contributed by atoms with Crippen LogP contribution in [0.5, 0.6) is 5.75 Å². The summed E-state index contributed by atoms with van der Waals surface area (Å²) < 4.78 is 32.3. The quantitative estimate of drug-likeness (QED) is 0.720. The highest BCUT2D eigenvalue weighted by Gasteiger charge is 2.36. The van der Waals surface area contributed by atoms with Gasteiger partial charge in [-0.15, -0.1) is 0 Å². The van der Waals surface area contributed by atoms with Crippen LogP contribution in [0.15, 0.2) is 57.9 Å². The Morgan fingerprint density at radius 2 is 1.84 bits per heavy atom. The number of carboxylic acids is 1. The highest BCUT2D eigenvalue weighted by molar-refractivity contribution is 9.10. The molecule has 0 aliphatic heterocycles. The second-order valence-corrected chi connectivity index (χ2v) is 8.66. The molecular formula is C18H19BrO5S. The van der Waals surface area contributed by atoms with Crippen molar-refractivity contribution in [3.05, 3.63) is 58.6 Å². The van der Waals surface area contributed by atoms with Crippen LogP contribution in [0.1, 0.15) is 24.2 Å². The van der Waals surface area contributed by atoms with Crippen LogP contribution in [-0.4, -0.2) is 26.6 Å². The van der Waals surface area contributed by atoms with E-state index in [0.717, 1.165) is 0 Å². The van der Waals surface area contributed by atoms with E-state index in [1.54, 1.807) is 43.3 Å². The van der Waals surface area contributed by atoms with Crippen LogP contribution < -0.4 is 4.74 Å². The first-order valence-electron chi connectivity index (χ1n) is 7.61. The zero-order valence-corrected chi connectivity index (χ0v) is 16.2. The summed E-state index contributed by atoms with van der Waals surface area (Å²) in [5.41, 5.74) is 0.483. The molecule has 134 valence electrons. The average Bonchev–Trinajstić information content (AvgIpc) is 2.56. The van der Waals surface area contributed by atoms with Crippen LogP contribution in [-0.2, 0) is 14.6 Å². The predicted octanol–water partition coefficient (Wildman–Crippen LogP) is 4.08. The third-order valence-corrected chi connectivity index (χ3v) is 6.97. The van der Waals surface area contributed by atoms with Gasteiger partial charge in [0.25, 0.3) is 0 Å². The molecule has 2 atom stereocenters. The Morgan fingerprint density at radius 1 is 1.20 bits per heavy atom. The van der Waals surface area contributed by atoms with Gasteiger partial charge in [-0.3, -0.25) is 4.79 Å². The number of benzene rings is 2. The minimum Gasteiger partial charge on any atom is -0.497 e. The maximum absolute atomic E-state index is 13.3. The lowest BCUT2D eigenvalue weighted by atomic mass is 9.97. The average molecular weight is 427 g/mol. The van der Waals surface area contributed by atoms with E-state index < -0.39 is 27.0 Å². The van der Waals surface area contributed by atoms with E-state index in [-0.39, 0.29) is 11.3 Å². The molecule has 0 radical (unpaired) electrons. The maximum Gasteiger partial charge on any atom is 0.303 e. The Hall–Kier alpha value is -1.86. The lowest BCUT2D eigenvalue weighted by Crippen LogP contribution is -2.23. The van der Waals surface area contributed by atoms with Gasteiger partial charge in [0, 0.05) is 10.9 Å². The van der Waals surface area contributed by atoms with Gasteiger partial charge in [0.05, 0.1) is 17.3 Å². The van der Waals surface area contributed by atoms with E-state index in [0.29, 0.717) is 15.8 Å². The van der Waals surface area contributed by atoms with E-state index >= 15 is 0 Å². The molecule has 2 rings (SSSR count). The number of carboxylic acid groups (broad SMARTS) is 1. The molecular weight excluding hydrogens is 408 g/mol. The largest absolute Gasteiger partial charge is 0.497 e. The molecule has 0 fully saturated rings. The summed E-state index contributed by atoms with van der Waals surface area (Å²) in [6.45, 7) is 1.63. The van der Waals surface area contributed by atoms with Gasteiger partial charge in [-0.25, -0.2) is 8.42 Å². The minimum absolute atomic E-state index is 0.159. The van der Waals surface area contributed by atoms with Gasteiger partial charge in [0.1, 0.15) is 5.75 Å². The summed E-state index contributed by atoms with van der Waals surface area (Å²) in [6.07, 6.45) is -0.264. The van der Waals surface area contributed by atoms with E-state index in [1.807, 2.05) is 0 Å². The van der Waals surface area contributed by atoms with Crippen molar-refractivity contribution in [1.29, 1.82) is 0 Å². The number of hydrogen-bond acceptors (Lipinski definition) is 4. The lowest BCUT2D eigenvalue weighted by Gasteiger charge is -2.25. The van der Waals surface area contributed by atoms with Crippen molar-refractivity contribution in [2.75, 3.05) is 7.11 Å². The molecule has 2 aromatic rings. The molecule has 1 N–H and O–H groups in total. The fourth-order valence-corrected chi connectivity index (χ4v) is 5.50. The highest BCUT2D eigenvalue weighted by atomic mass is 79.9. The molecule has 0 bridgehead atoms. The predicted molar refractivity (Wildman–Crippen MR) is 98.5 cm³/mol. The van der Waals surface area contributed by atoms with Crippen molar-refractivity contribution in [2.45, 2.75) is 23.5 Å². The lowest BCUT2D eigenvalue weighted by molar-refractivity contribution is -0.137. The minimum atomic E-state index is -3.80. The molecule has 25 heavy (non-hydrogen) atoms. The van der Waals surface area contributed by atoms with Gasteiger partial charge in [-0.2, -0.15) is 0 Å². The molecule has 0 unspecified atom stereocenters. The molecule has 2 aromatic carbocycles. The van der Waals surface area contributed by atoms with Gasteiger partial charge in [0.2, 0.25) is 0 Å². The van der Waals surface area contributed by atoms with Crippen molar-refractivity contribution in [1.82, 2.24) is 0 Å². The molecule has 5 nitrogen and oxygen atoms in total. The van der Waals surface area contributed by atoms with Gasteiger partial charge < -0.3 is 9.84 Å². The summed E-state index contributed by atoms with van der Waals surface area (Å²) >= 11 is 3.39. The zero-order valence-electron chi connectivity index (χ0n) is 13.8. The first kappa shape index (κ1) is 19.5. The number of ether oxygens (including phenoxy) is 1. The molecule has 0 spiro atoms. The number of aliphatic carboxylic acids is 1. The first-order valence-corrected chi connectivity index (χ1v) is 9.95. The van der Waals surface area contributed by atoms with Gasteiger partial charge >= 0.3 is 5.97 Å². The van der Waals surface area contributed by atoms with Crippen LogP contribution in [0.4, 0.5) is 0 Å². The standard InChI is InChI=1S/C18H19BrO5S/c1-12(10-17(20)21)18(15-11-13(24-2)8-9-16(15)19)25(22,23)14-6-4-3-5-7-14/h3-9,11-12,18H,10H2,1-2H3,(H,20,21)/t12-,18-/m0/s1. The number of halogens is 1. The number of methoxy groups -OCH3 is 1. The Bertz CT molecular complexity index is 849. The Morgan fingerprint density at radius 3 is 2.40 bits per heavy atom. The Labute approximate surface area is 155 Å². The number of rotatable bonds is 7. The Balaban J connectivity index is 2.64. The van der Waals surface area contributed by atoms with Crippen molar-refractivity contribution in [2.24, 2.45) is 5.92 Å². The first-order chi connectivity index (χ1) is 11.8. The zero-order chi connectivity index (χ0) is 18.6. The molecule has 0 aliphatic carbocycles. The van der Waals surface area contributed by atoms with Crippen LogP contribution in [0.3, 0.4) is 0 Å². The second kappa shape index (κ2) is 8.01. The normalized spacial score (nSPS) is 13.9. The molecule has 0 saturated carbocycles. The summed E-state index contributed by atoms with van der Waals surface area (Å²) in [7, 11) is -2.30. The van der Waals surface area contributed by atoms with E-state index in [2.05, 4.69) is 15.9 Å². The van der Waals surface area contributed by atoms with Crippen molar-refractivity contribution >= 4 is 31.7 Å². The van der Waals surface area contributed by atoms with E-state index in [1.165, 1.54) is 19.2 Å². The second-order valence-electron chi connectivity index (χ2n) is 5.74. The van der Waals surface area contributed by atoms with Crippen molar-refractivity contribution in [3.8, 4) is 5.75 Å². The molecule has 0 aromatic heterocycles. The highest BCUT2D eigenvalue weighted by Crippen LogP contribution is 2.41. The van der Waals surface area contributed by atoms with Gasteiger partial charge in [-0.1, -0.05) is 41.1 Å². The SMILES string of the molecule is COc1ccc(Br)c([C@H]([C@@H](C)CC(=O)O)S(=O)(=O)c2ccccc2)c1. The fourth-order valence-electron chi connectivity index (χ4n) is 2.79. The smallest absolute Gasteiger partial charge is 0.303 e. The molecule has 0 saturated heterocycles. The molecule has 0 heterocycles. The van der Waals surface area contributed by atoms with Crippen LogP contribution in [0.25, 0.3) is 0 Å². The maximum atomic E-state index is 13.3. The fraction of sp³-hybridized carbons (Fsp3) is 0.278. The summed E-state index contributed by atoms with van der Waals surface area (Å²) in [6, 6.07) is 13.1. The summed E-state index contributed by atoms with van der Waals surface area (Å²) in [5, 5.41) is 8.14. The monoisotopic (exact) mass is 426 g/mol. The third kappa shape index (κ3) is 4.41. The van der Waals surface area contributed by atoms with Gasteiger partial charge in [-0.05, 0) is 41.8 Å². The Kier molecular flexibility index (Phi) is 6.24. The molecule has 7 heteroatoms. The molecule has 0 amide bonds. The topological polar surface area (TPSA) is 80.7 Å². The van der Waals surface area contributed by atoms with Crippen molar-refractivity contribution < 1.29 is 23.1 Å². The van der Waals surface area contributed by atoms with Crippen LogP contribution in [0, 0.1) is 5.92 Å². The van der Waals surface area contributed by atoms with Crippen LogP contribution >= 0.6 is 15.9 Å². The number of hydrogen-bond donors (Lipinski definition) is 1. The summed E-state index contributed by atoms with van der Waals surface area (Å²) in [4.78, 5) is 11.3. The van der Waals surface area contributed by atoms with Gasteiger partial charge in [0.15, 0.2) is 9.84 Å². The van der Waals surface area contributed by atoms with E-state index in [4.69, 9.17) is 9.84 Å².